The molecule has 29 heavy (non-hydrogen) atoms. The summed E-state index contributed by atoms with van der Waals surface area (Å²) in [6.45, 7) is 3.71. The first-order chi connectivity index (χ1) is 14.0. The third-order valence-corrected chi connectivity index (χ3v) is 5.68. The maximum Gasteiger partial charge on any atom is 0.315 e. The van der Waals surface area contributed by atoms with E-state index in [0.29, 0.717) is 19.5 Å². The standard InChI is InChI=1S/C23H28ClN3O2/c1-17-14-19(9-11-21(17)24)15-25-23(29)26-20-8-5-13-27(16-20)22(28)12-10-18-6-3-2-4-7-18/h2-4,6-7,9,11,14,20H,5,8,10,12-13,15-16H2,1H3,(H2,25,26,29)/t20-/m1/s1. The Hall–Kier alpha value is -2.53. The molecule has 0 unspecified atom stereocenters. The normalized spacial score (nSPS) is 16.3. The molecule has 1 fully saturated rings. The lowest BCUT2D eigenvalue weighted by Gasteiger charge is -2.33. The van der Waals surface area contributed by atoms with Crippen LogP contribution in [0.3, 0.4) is 0 Å². The Bertz CT molecular complexity index is 841. The van der Waals surface area contributed by atoms with Crippen LogP contribution in [0.15, 0.2) is 48.5 Å². The van der Waals surface area contributed by atoms with Crippen molar-refractivity contribution in [1.82, 2.24) is 15.5 Å². The molecule has 0 saturated carbocycles. The largest absolute Gasteiger partial charge is 0.341 e. The highest BCUT2D eigenvalue weighted by Crippen LogP contribution is 2.16. The monoisotopic (exact) mass is 413 g/mol. The lowest BCUT2D eigenvalue weighted by Crippen LogP contribution is -2.51. The Labute approximate surface area is 177 Å². The molecule has 0 aromatic heterocycles. The molecular weight excluding hydrogens is 386 g/mol. The lowest BCUT2D eigenvalue weighted by molar-refractivity contribution is -0.132. The first-order valence-corrected chi connectivity index (χ1v) is 10.5. The minimum atomic E-state index is -0.207. The Morgan fingerprint density at radius 1 is 1.14 bits per heavy atom. The zero-order valence-corrected chi connectivity index (χ0v) is 17.5. The molecule has 0 radical (unpaired) electrons. The Balaban J connectivity index is 1.43. The van der Waals surface area contributed by atoms with Gasteiger partial charge in [0.2, 0.25) is 5.91 Å². The number of halogens is 1. The average Bonchev–Trinajstić information content (AvgIpc) is 2.74. The number of nitrogens with zero attached hydrogens (tertiary/aromatic N) is 1. The maximum atomic E-state index is 12.6. The minimum Gasteiger partial charge on any atom is -0.341 e. The summed E-state index contributed by atoms with van der Waals surface area (Å²) in [6.07, 6.45) is 3.03. The molecular formula is C23H28ClN3O2. The fourth-order valence-electron chi connectivity index (χ4n) is 3.61. The number of hydrogen-bond donors (Lipinski definition) is 2. The highest BCUT2D eigenvalue weighted by atomic mass is 35.5. The van der Waals surface area contributed by atoms with Gasteiger partial charge in [0.1, 0.15) is 0 Å². The van der Waals surface area contributed by atoms with E-state index in [0.717, 1.165) is 42.0 Å². The van der Waals surface area contributed by atoms with Gasteiger partial charge in [-0.2, -0.15) is 0 Å². The zero-order chi connectivity index (χ0) is 20.6. The summed E-state index contributed by atoms with van der Waals surface area (Å²) in [5.74, 6) is 0.150. The number of urea groups is 1. The van der Waals surface area contributed by atoms with E-state index in [-0.39, 0.29) is 18.0 Å². The Kier molecular flexibility index (Phi) is 7.53. The molecule has 154 valence electrons. The molecule has 3 rings (SSSR count). The molecule has 1 heterocycles. The van der Waals surface area contributed by atoms with Gasteiger partial charge in [-0.1, -0.05) is 54.1 Å². The third-order valence-electron chi connectivity index (χ3n) is 5.26. The van der Waals surface area contributed by atoms with Crippen molar-refractivity contribution in [2.75, 3.05) is 13.1 Å². The van der Waals surface area contributed by atoms with Crippen LogP contribution in [-0.4, -0.2) is 36.0 Å². The van der Waals surface area contributed by atoms with E-state index in [1.807, 2.05) is 60.4 Å². The van der Waals surface area contributed by atoms with Gasteiger partial charge in [0.15, 0.2) is 0 Å². The number of benzene rings is 2. The van der Waals surface area contributed by atoms with E-state index in [4.69, 9.17) is 11.6 Å². The van der Waals surface area contributed by atoms with Gasteiger partial charge in [-0.3, -0.25) is 4.79 Å². The number of carbonyl (C=O) groups is 2. The number of carbonyl (C=O) groups excluding carboxylic acids is 2. The predicted molar refractivity (Wildman–Crippen MR) is 116 cm³/mol. The quantitative estimate of drug-likeness (QED) is 0.749. The van der Waals surface area contributed by atoms with Gasteiger partial charge in [-0.05, 0) is 48.9 Å². The second kappa shape index (κ2) is 10.3. The van der Waals surface area contributed by atoms with Crippen LogP contribution in [0.5, 0.6) is 0 Å². The number of aryl methyl sites for hydroxylation is 2. The van der Waals surface area contributed by atoms with Crippen LogP contribution < -0.4 is 10.6 Å². The Morgan fingerprint density at radius 2 is 1.93 bits per heavy atom. The molecule has 6 heteroatoms. The molecule has 0 spiro atoms. The molecule has 1 aliphatic rings. The Morgan fingerprint density at radius 3 is 2.69 bits per heavy atom. The van der Waals surface area contributed by atoms with Gasteiger partial charge in [-0.25, -0.2) is 4.79 Å². The summed E-state index contributed by atoms with van der Waals surface area (Å²) in [5.41, 5.74) is 3.16. The highest BCUT2D eigenvalue weighted by molar-refractivity contribution is 6.31. The van der Waals surface area contributed by atoms with E-state index in [2.05, 4.69) is 10.6 Å². The fourth-order valence-corrected chi connectivity index (χ4v) is 3.73. The second-order valence-corrected chi connectivity index (χ2v) is 7.98. The smallest absolute Gasteiger partial charge is 0.315 e. The van der Waals surface area contributed by atoms with E-state index < -0.39 is 0 Å². The first-order valence-electron chi connectivity index (χ1n) is 10.1. The first kappa shape index (κ1) is 21.2. The molecule has 1 saturated heterocycles. The molecule has 0 aliphatic carbocycles. The topological polar surface area (TPSA) is 61.4 Å². The lowest BCUT2D eigenvalue weighted by atomic mass is 10.0. The van der Waals surface area contributed by atoms with Crippen LogP contribution >= 0.6 is 11.6 Å². The van der Waals surface area contributed by atoms with Gasteiger partial charge in [0.25, 0.3) is 0 Å². The van der Waals surface area contributed by atoms with Crippen molar-refractivity contribution in [3.05, 3.63) is 70.2 Å². The molecule has 2 N–H and O–H groups in total. The van der Waals surface area contributed by atoms with Crippen molar-refractivity contribution >= 4 is 23.5 Å². The number of likely N-dealkylation sites (tertiary alicyclic amines) is 1. The summed E-state index contributed by atoms with van der Waals surface area (Å²) in [4.78, 5) is 26.7. The zero-order valence-electron chi connectivity index (χ0n) is 16.8. The number of nitrogens with one attached hydrogen (secondary N) is 2. The van der Waals surface area contributed by atoms with E-state index in [1.54, 1.807) is 0 Å². The SMILES string of the molecule is Cc1cc(CNC(=O)N[C@@H]2CCCN(C(=O)CCc3ccccc3)C2)ccc1Cl. The van der Waals surface area contributed by atoms with Crippen molar-refractivity contribution in [2.45, 2.75) is 45.2 Å². The van der Waals surface area contributed by atoms with Crippen molar-refractivity contribution < 1.29 is 9.59 Å². The van der Waals surface area contributed by atoms with Gasteiger partial charge in [0, 0.05) is 37.1 Å². The van der Waals surface area contributed by atoms with Crippen molar-refractivity contribution in [3.8, 4) is 0 Å². The maximum absolute atomic E-state index is 12.6. The summed E-state index contributed by atoms with van der Waals surface area (Å²) in [5, 5.41) is 6.61. The van der Waals surface area contributed by atoms with Crippen molar-refractivity contribution in [2.24, 2.45) is 0 Å². The average molecular weight is 414 g/mol. The summed E-state index contributed by atoms with van der Waals surface area (Å²) >= 11 is 6.04. The van der Waals surface area contributed by atoms with Crippen LogP contribution in [0.2, 0.25) is 5.02 Å². The summed E-state index contributed by atoms with van der Waals surface area (Å²) in [6, 6.07) is 15.5. The highest BCUT2D eigenvalue weighted by Gasteiger charge is 2.24. The molecule has 0 bridgehead atoms. The van der Waals surface area contributed by atoms with Crippen LogP contribution in [0.25, 0.3) is 0 Å². The third kappa shape index (κ3) is 6.50. The van der Waals surface area contributed by atoms with Gasteiger partial charge in [0.05, 0.1) is 0 Å². The van der Waals surface area contributed by atoms with Crippen molar-refractivity contribution in [3.63, 3.8) is 0 Å². The van der Waals surface area contributed by atoms with Crippen LogP contribution in [0.1, 0.15) is 36.0 Å². The fraction of sp³-hybridized carbons (Fsp3) is 0.391. The summed E-state index contributed by atoms with van der Waals surface area (Å²) in [7, 11) is 0. The number of amides is 3. The molecule has 1 aliphatic heterocycles. The van der Waals surface area contributed by atoms with Gasteiger partial charge < -0.3 is 15.5 Å². The minimum absolute atomic E-state index is 0.0172. The molecule has 2 aromatic rings. The van der Waals surface area contributed by atoms with Gasteiger partial charge in [-0.15, -0.1) is 0 Å². The predicted octanol–water partition coefficient (Wildman–Crippen LogP) is 4.07. The van der Waals surface area contributed by atoms with Crippen LogP contribution in [0, 0.1) is 6.92 Å². The van der Waals surface area contributed by atoms with E-state index >= 15 is 0 Å². The van der Waals surface area contributed by atoms with E-state index in [9.17, 15) is 9.59 Å². The van der Waals surface area contributed by atoms with Gasteiger partial charge >= 0.3 is 6.03 Å². The van der Waals surface area contributed by atoms with Crippen molar-refractivity contribution in [1.29, 1.82) is 0 Å². The molecule has 2 aromatic carbocycles. The number of rotatable bonds is 6. The number of piperidine rings is 1. The summed E-state index contributed by atoms with van der Waals surface area (Å²) < 4.78 is 0. The van der Waals surface area contributed by atoms with Crippen LogP contribution in [0.4, 0.5) is 4.79 Å². The number of hydrogen-bond acceptors (Lipinski definition) is 2. The molecule has 3 amide bonds. The molecule has 1 atom stereocenters. The van der Waals surface area contributed by atoms with E-state index in [1.165, 1.54) is 5.56 Å². The van der Waals surface area contributed by atoms with Crippen LogP contribution in [-0.2, 0) is 17.8 Å². The molecule has 5 nitrogen and oxygen atoms in total. The second-order valence-electron chi connectivity index (χ2n) is 7.58.